The number of aliphatic hydroxyl groups excluding tert-OH is 1. The van der Waals surface area contributed by atoms with E-state index >= 15 is 0 Å². The molecule has 0 radical (unpaired) electrons. The lowest BCUT2D eigenvalue weighted by atomic mass is 9.96. The van der Waals surface area contributed by atoms with Crippen molar-refractivity contribution in [1.82, 2.24) is 0 Å². The molecular weight excluding hydrogens is 240 g/mol. The number of benzene rings is 1. The first-order valence-corrected chi connectivity index (χ1v) is 5.84. The zero-order valence-electron chi connectivity index (χ0n) is 10.7. The highest BCUT2D eigenvalue weighted by Crippen LogP contribution is 2.31. The van der Waals surface area contributed by atoms with Gasteiger partial charge in [0.15, 0.2) is 0 Å². The van der Waals surface area contributed by atoms with E-state index in [0.717, 1.165) is 5.56 Å². The summed E-state index contributed by atoms with van der Waals surface area (Å²) in [5.41, 5.74) is 0.406. The molecule has 0 aliphatic rings. The van der Waals surface area contributed by atoms with Crippen molar-refractivity contribution in [2.24, 2.45) is 0 Å². The Kier molecular flexibility index (Phi) is 4.80. The highest BCUT2D eigenvalue weighted by Gasteiger charge is 2.23. The second kappa shape index (κ2) is 5.71. The molecule has 4 heteroatoms. The number of rotatable bonds is 5. The average molecular weight is 259 g/mol. The van der Waals surface area contributed by atoms with Gasteiger partial charge >= 0.3 is 0 Å². The Morgan fingerprint density at radius 3 is 2.53 bits per heavy atom. The second-order valence-electron chi connectivity index (χ2n) is 4.58. The summed E-state index contributed by atoms with van der Waals surface area (Å²) in [4.78, 5) is 0. The van der Waals surface area contributed by atoms with E-state index in [-0.39, 0.29) is 5.60 Å². The van der Waals surface area contributed by atoms with Gasteiger partial charge in [-0.2, -0.15) is 0 Å². The van der Waals surface area contributed by atoms with Crippen LogP contribution in [0.1, 0.15) is 31.9 Å². The van der Waals surface area contributed by atoms with Gasteiger partial charge in [0.1, 0.15) is 5.75 Å². The zero-order valence-corrected chi connectivity index (χ0v) is 11.4. The lowest BCUT2D eigenvalue weighted by Gasteiger charge is -2.26. The van der Waals surface area contributed by atoms with Crippen LogP contribution in [-0.2, 0) is 4.74 Å². The standard InChI is InChI=1S/C13H19ClO3/c1-13(2,17-4)8-11(15)9-5-6-10(14)12(7-9)16-3/h5-7,11,15H,8H2,1-4H3. The van der Waals surface area contributed by atoms with E-state index in [9.17, 15) is 5.11 Å². The van der Waals surface area contributed by atoms with Crippen LogP contribution in [0, 0.1) is 0 Å². The van der Waals surface area contributed by atoms with E-state index in [2.05, 4.69) is 0 Å². The van der Waals surface area contributed by atoms with E-state index in [1.165, 1.54) is 0 Å². The summed E-state index contributed by atoms with van der Waals surface area (Å²) in [6.07, 6.45) is -0.0926. The van der Waals surface area contributed by atoms with Crippen LogP contribution in [0.5, 0.6) is 5.75 Å². The molecule has 1 unspecified atom stereocenters. The Morgan fingerprint density at radius 1 is 1.35 bits per heavy atom. The number of methoxy groups -OCH3 is 2. The molecule has 0 saturated carbocycles. The molecule has 17 heavy (non-hydrogen) atoms. The number of halogens is 1. The Balaban J connectivity index is 2.86. The van der Waals surface area contributed by atoms with Crippen molar-refractivity contribution in [3.05, 3.63) is 28.8 Å². The third kappa shape index (κ3) is 3.87. The Hall–Kier alpha value is -0.770. The number of hydrogen-bond acceptors (Lipinski definition) is 3. The van der Waals surface area contributed by atoms with Crippen LogP contribution in [-0.4, -0.2) is 24.9 Å². The van der Waals surface area contributed by atoms with Gasteiger partial charge < -0.3 is 14.6 Å². The molecule has 0 fully saturated rings. The maximum Gasteiger partial charge on any atom is 0.137 e. The number of aliphatic hydroxyl groups is 1. The van der Waals surface area contributed by atoms with Gasteiger partial charge in [-0.15, -0.1) is 0 Å². The fraction of sp³-hybridized carbons (Fsp3) is 0.538. The summed E-state index contributed by atoms with van der Waals surface area (Å²) in [6, 6.07) is 5.26. The van der Waals surface area contributed by atoms with Crippen molar-refractivity contribution in [3.8, 4) is 5.75 Å². The molecule has 0 aliphatic carbocycles. The van der Waals surface area contributed by atoms with Crippen molar-refractivity contribution < 1.29 is 14.6 Å². The predicted molar refractivity (Wildman–Crippen MR) is 68.7 cm³/mol. The van der Waals surface area contributed by atoms with Crippen LogP contribution < -0.4 is 4.74 Å². The van der Waals surface area contributed by atoms with Gasteiger partial charge in [-0.05, 0) is 31.5 Å². The minimum atomic E-state index is -0.601. The van der Waals surface area contributed by atoms with Crippen LogP contribution in [0.4, 0.5) is 0 Å². The average Bonchev–Trinajstić information content (AvgIpc) is 2.29. The molecule has 0 heterocycles. The maximum absolute atomic E-state index is 10.1. The summed E-state index contributed by atoms with van der Waals surface area (Å²) in [5.74, 6) is 0.568. The molecule has 0 aromatic heterocycles. The van der Waals surface area contributed by atoms with Crippen molar-refractivity contribution in [2.75, 3.05) is 14.2 Å². The molecule has 0 amide bonds. The van der Waals surface area contributed by atoms with Crippen LogP contribution in [0.2, 0.25) is 5.02 Å². The van der Waals surface area contributed by atoms with Gasteiger partial charge in [-0.1, -0.05) is 17.7 Å². The first-order valence-electron chi connectivity index (χ1n) is 5.46. The Morgan fingerprint density at radius 2 is 2.00 bits per heavy atom. The lowest BCUT2D eigenvalue weighted by molar-refractivity contribution is -0.0201. The molecular formula is C13H19ClO3. The van der Waals surface area contributed by atoms with E-state index in [1.807, 2.05) is 13.8 Å². The molecule has 1 N–H and O–H groups in total. The summed E-state index contributed by atoms with van der Waals surface area (Å²) >= 11 is 5.93. The molecule has 1 rings (SSSR count). The molecule has 96 valence electrons. The van der Waals surface area contributed by atoms with Crippen molar-refractivity contribution in [2.45, 2.75) is 32.0 Å². The quantitative estimate of drug-likeness (QED) is 0.882. The fourth-order valence-electron chi connectivity index (χ4n) is 1.55. The Labute approximate surface area is 107 Å². The van der Waals surface area contributed by atoms with E-state index in [0.29, 0.717) is 17.2 Å². The van der Waals surface area contributed by atoms with E-state index in [1.54, 1.807) is 32.4 Å². The monoisotopic (exact) mass is 258 g/mol. The second-order valence-corrected chi connectivity index (χ2v) is 4.98. The van der Waals surface area contributed by atoms with Crippen molar-refractivity contribution in [1.29, 1.82) is 0 Å². The topological polar surface area (TPSA) is 38.7 Å². The van der Waals surface area contributed by atoms with Gasteiger partial charge in [-0.25, -0.2) is 0 Å². The van der Waals surface area contributed by atoms with Crippen molar-refractivity contribution >= 4 is 11.6 Å². The molecule has 0 aliphatic heterocycles. The van der Waals surface area contributed by atoms with Crippen LogP contribution in [0.3, 0.4) is 0 Å². The summed E-state index contributed by atoms with van der Waals surface area (Å²) in [6.45, 7) is 3.87. The lowest BCUT2D eigenvalue weighted by Crippen LogP contribution is -2.25. The first-order chi connectivity index (χ1) is 7.89. The van der Waals surface area contributed by atoms with Gasteiger partial charge in [0, 0.05) is 13.5 Å². The van der Waals surface area contributed by atoms with Crippen LogP contribution >= 0.6 is 11.6 Å². The third-order valence-electron chi connectivity index (χ3n) is 2.80. The minimum Gasteiger partial charge on any atom is -0.495 e. The van der Waals surface area contributed by atoms with Crippen LogP contribution in [0.25, 0.3) is 0 Å². The minimum absolute atomic E-state index is 0.369. The van der Waals surface area contributed by atoms with E-state index < -0.39 is 6.10 Å². The highest BCUT2D eigenvalue weighted by molar-refractivity contribution is 6.32. The summed E-state index contributed by atoms with van der Waals surface area (Å²) in [5, 5.41) is 10.7. The van der Waals surface area contributed by atoms with Crippen molar-refractivity contribution in [3.63, 3.8) is 0 Å². The normalized spacial score (nSPS) is 13.5. The molecule has 1 aromatic rings. The Bertz CT molecular complexity index is 377. The van der Waals surface area contributed by atoms with Gasteiger partial charge in [-0.3, -0.25) is 0 Å². The third-order valence-corrected chi connectivity index (χ3v) is 3.11. The van der Waals surface area contributed by atoms with Gasteiger partial charge in [0.2, 0.25) is 0 Å². The number of ether oxygens (including phenoxy) is 2. The van der Waals surface area contributed by atoms with Gasteiger partial charge in [0.25, 0.3) is 0 Å². The maximum atomic E-state index is 10.1. The summed E-state index contributed by atoms with van der Waals surface area (Å²) < 4.78 is 10.4. The fourth-order valence-corrected chi connectivity index (χ4v) is 1.75. The SMILES string of the molecule is COc1cc(C(O)CC(C)(C)OC)ccc1Cl. The van der Waals surface area contributed by atoms with Crippen LogP contribution in [0.15, 0.2) is 18.2 Å². The first kappa shape index (κ1) is 14.3. The highest BCUT2D eigenvalue weighted by atomic mass is 35.5. The molecule has 1 aromatic carbocycles. The molecule has 0 spiro atoms. The largest absolute Gasteiger partial charge is 0.495 e. The van der Waals surface area contributed by atoms with Gasteiger partial charge in [0.05, 0.1) is 23.8 Å². The predicted octanol–water partition coefficient (Wildman–Crippen LogP) is 3.20. The smallest absolute Gasteiger partial charge is 0.137 e. The molecule has 0 bridgehead atoms. The summed E-state index contributed by atoms with van der Waals surface area (Å²) in [7, 11) is 3.19. The molecule has 3 nitrogen and oxygen atoms in total. The zero-order chi connectivity index (χ0) is 13.1. The number of hydrogen-bond donors (Lipinski definition) is 1. The van der Waals surface area contributed by atoms with E-state index in [4.69, 9.17) is 21.1 Å². The molecule has 1 atom stereocenters. The molecule has 0 saturated heterocycles.